The summed E-state index contributed by atoms with van der Waals surface area (Å²) in [6.45, 7) is -0.621. The second kappa shape index (κ2) is 5.22. The molecule has 1 rings (SSSR count). The first-order valence-electron chi connectivity index (χ1n) is 4.03. The summed E-state index contributed by atoms with van der Waals surface area (Å²) < 4.78 is 12.3. The molecule has 0 bridgehead atoms. The van der Waals surface area contributed by atoms with Crippen molar-refractivity contribution in [3.63, 3.8) is 0 Å². The van der Waals surface area contributed by atoms with Gasteiger partial charge in [-0.2, -0.15) is 4.99 Å². The second-order valence-corrected chi connectivity index (χ2v) is 2.72. The fourth-order valence-corrected chi connectivity index (χ4v) is 1.10. The van der Waals surface area contributed by atoms with Crippen molar-refractivity contribution in [1.29, 1.82) is 0 Å². The van der Waals surface area contributed by atoms with E-state index in [2.05, 4.69) is 4.99 Å². The SMILES string of the molecule is O=C=NC(CF)Cc1ccccc1. The Kier molecular flexibility index (Phi) is 3.86. The maximum absolute atomic E-state index is 12.3. The third-order valence-electron chi connectivity index (χ3n) is 1.73. The molecule has 0 amide bonds. The molecule has 0 aromatic heterocycles. The van der Waals surface area contributed by atoms with Crippen molar-refractivity contribution in [2.24, 2.45) is 4.99 Å². The molecule has 1 aromatic carbocycles. The van der Waals surface area contributed by atoms with Crippen molar-refractivity contribution in [3.05, 3.63) is 35.9 Å². The molecule has 0 aliphatic heterocycles. The lowest BCUT2D eigenvalue weighted by atomic mass is 10.1. The van der Waals surface area contributed by atoms with E-state index in [0.717, 1.165) is 5.56 Å². The average molecular weight is 179 g/mol. The Morgan fingerprint density at radius 2 is 2.08 bits per heavy atom. The molecule has 0 spiro atoms. The smallest absolute Gasteiger partial charge is 0.235 e. The number of carbonyl (C=O) groups excluding carboxylic acids is 1. The summed E-state index contributed by atoms with van der Waals surface area (Å²) >= 11 is 0. The van der Waals surface area contributed by atoms with Crippen LogP contribution in [0.3, 0.4) is 0 Å². The van der Waals surface area contributed by atoms with E-state index in [1.165, 1.54) is 6.08 Å². The monoisotopic (exact) mass is 179 g/mol. The summed E-state index contributed by atoms with van der Waals surface area (Å²) in [7, 11) is 0. The van der Waals surface area contributed by atoms with Gasteiger partial charge in [-0.1, -0.05) is 30.3 Å². The van der Waals surface area contributed by atoms with Crippen LogP contribution in [0, 0.1) is 0 Å². The van der Waals surface area contributed by atoms with Crippen LogP contribution >= 0.6 is 0 Å². The van der Waals surface area contributed by atoms with Gasteiger partial charge in [0.1, 0.15) is 6.67 Å². The summed E-state index contributed by atoms with van der Waals surface area (Å²) in [6, 6.07) is 8.80. The number of hydrogen-bond donors (Lipinski definition) is 0. The van der Waals surface area contributed by atoms with Crippen LogP contribution < -0.4 is 0 Å². The van der Waals surface area contributed by atoms with Gasteiger partial charge in [0.05, 0.1) is 6.04 Å². The van der Waals surface area contributed by atoms with E-state index in [1.54, 1.807) is 0 Å². The Morgan fingerprint density at radius 1 is 1.38 bits per heavy atom. The van der Waals surface area contributed by atoms with Gasteiger partial charge >= 0.3 is 0 Å². The Labute approximate surface area is 76.1 Å². The van der Waals surface area contributed by atoms with Crippen LogP contribution in [0.2, 0.25) is 0 Å². The van der Waals surface area contributed by atoms with Crippen LogP contribution in [0.5, 0.6) is 0 Å². The maximum Gasteiger partial charge on any atom is 0.235 e. The average Bonchev–Trinajstić information content (AvgIpc) is 2.19. The van der Waals surface area contributed by atoms with Crippen LogP contribution in [-0.2, 0) is 11.2 Å². The number of benzene rings is 1. The largest absolute Gasteiger partial charge is 0.249 e. The lowest BCUT2D eigenvalue weighted by Gasteiger charge is -2.04. The van der Waals surface area contributed by atoms with Crippen molar-refractivity contribution < 1.29 is 9.18 Å². The number of nitrogens with zero attached hydrogens (tertiary/aromatic N) is 1. The lowest BCUT2D eigenvalue weighted by Crippen LogP contribution is -2.10. The van der Waals surface area contributed by atoms with Crippen LogP contribution in [0.15, 0.2) is 35.3 Å². The van der Waals surface area contributed by atoms with Gasteiger partial charge in [0, 0.05) is 0 Å². The van der Waals surface area contributed by atoms with E-state index < -0.39 is 12.7 Å². The molecule has 1 atom stereocenters. The minimum absolute atomic E-state index is 0.451. The standard InChI is InChI=1S/C10H10FNO/c11-7-10(12-8-13)6-9-4-2-1-3-5-9/h1-5,10H,6-7H2. The first kappa shape index (κ1) is 9.62. The highest BCUT2D eigenvalue weighted by molar-refractivity contribution is 5.34. The zero-order valence-electron chi connectivity index (χ0n) is 7.11. The maximum atomic E-state index is 12.3. The summed E-state index contributed by atoms with van der Waals surface area (Å²) in [5.41, 5.74) is 0.976. The molecule has 2 nitrogen and oxygen atoms in total. The molecule has 1 aromatic rings. The van der Waals surface area contributed by atoms with Crippen LogP contribution in [-0.4, -0.2) is 18.8 Å². The van der Waals surface area contributed by atoms with E-state index in [-0.39, 0.29) is 0 Å². The Bertz CT molecular complexity index is 293. The molecule has 68 valence electrons. The third kappa shape index (κ3) is 3.18. The van der Waals surface area contributed by atoms with E-state index in [4.69, 9.17) is 0 Å². The topological polar surface area (TPSA) is 29.4 Å². The highest BCUT2D eigenvalue weighted by Crippen LogP contribution is 2.05. The first-order chi connectivity index (χ1) is 6.36. The van der Waals surface area contributed by atoms with Gasteiger partial charge in [-0.25, -0.2) is 9.18 Å². The Hall–Kier alpha value is -1.47. The lowest BCUT2D eigenvalue weighted by molar-refractivity contribution is 0.426. The third-order valence-corrected chi connectivity index (χ3v) is 1.73. The molecule has 3 heteroatoms. The predicted molar refractivity (Wildman–Crippen MR) is 48.0 cm³/mol. The molecular formula is C10H10FNO. The zero-order chi connectivity index (χ0) is 9.52. The van der Waals surface area contributed by atoms with Gasteiger partial charge in [-0.05, 0) is 12.0 Å². The summed E-state index contributed by atoms with van der Waals surface area (Å²) in [4.78, 5) is 13.3. The Morgan fingerprint density at radius 3 is 2.62 bits per heavy atom. The van der Waals surface area contributed by atoms with E-state index in [9.17, 15) is 9.18 Å². The van der Waals surface area contributed by atoms with Gasteiger partial charge in [-0.3, -0.25) is 0 Å². The highest BCUT2D eigenvalue weighted by atomic mass is 19.1. The van der Waals surface area contributed by atoms with Crippen LogP contribution in [0.25, 0.3) is 0 Å². The van der Waals surface area contributed by atoms with Crippen LogP contribution in [0.1, 0.15) is 5.56 Å². The number of aliphatic imine (C=N–C) groups is 1. The first-order valence-corrected chi connectivity index (χ1v) is 4.03. The highest BCUT2D eigenvalue weighted by Gasteiger charge is 2.06. The van der Waals surface area contributed by atoms with E-state index >= 15 is 0 Å². The summed E-state index contributed by atoms with van der Waals surface area (Å²) in [6.07, 6.45) is 1.82. The number of alkyl halides is 1. The van der Waals surface area contributed by atoms with Gasteiger partial charge in [0.15, 0.2) is 0 Å². The number of rotatable bonds is 4. The van der Waals surface area contributed by atoms with E-state index in [0.29, 0.717) is 6.42 Å². The minimum atomic E-state index is -0.621. The van der Waals surface area contributed by atoms with Gasteiger partial charge in [0.25, 0.3) is 0 Å². The molecular weight excluding hydrogens is 169 g/mol. The minimum Gasteiger partial charge on any atom is -0.249 e. The number of halogens is 1. The summed E-state index contributed by atoms with van der Waals surface area (Å²) in [5.74, 6) is 0. The molecule has 0 aliphatic carbocycles. The fourth-order valence-electron chi connectivity index (χ4n) is 1.10. The van der Waals surface area contributed by atoms with Gasteiger partial charge < -0.3 is 0 Å². The molecule has 0 fully saturated rings. The second-order valence-electron chi connectivity index (χ2n) is 2.72. The van der Waals surface area contributed by atoms with Crippen molar-refractivity contribution >= 4 is 6.08 Å². The normalized spacial score (nSPS) is 11.8. The summed E-state index contributed by atoms with van der Waals surface area (Å²) in [5, 5.41) is 0. The number of hydrogen-bond acceptors (Lipinski definition) is 2. The molecule has 0 saturated heterocycles. The molecule has 0 saturated carbocycles. The molecule has 13 heavy (non-hydrogen) atoms. The molecule has 0 radical (unpaired) electrons. The van der Waals surface area contributed by atoms with Crippen molar-refractivity contribution in [2.45, 2.75) is 12.5 Å². The molecule has 1 unspecified atom stereocenters. The molecule has 0 aliphatic rings. The van der Waals surface area contributed by atoms with Crippen molar-refractivity contribution in [3.8, 4) is 0 Å². The van der Waals surface area contributed by atoms with E-state index in [1.807, 2.05) is 30.3 Å². The van der Waals surface area contributed by atoms with Crippen LogP contribution in [0.4, 0.5) is 4.39 Å². The predicted octanol–water partition coefficient (Wildman–Crippen LogP) is 1.90. The van der Waals surface area contributed by atoms with Crippen molar-refractivity contribution in [1.82, 2.24) is 0 Å². The fraction of sp³-hybridized carbons (Fsp3) is 0.300. The number of isocyanates is 1. The van der Waals surface area contributed by atoms with Crippen molar-refractivity contribution in [2.75, 3.05) is 6.67 Å². The molecule has 0 heterocycles. The van der Waals surface area contributed by atoms with Gasteiger partial charge in [0.2, 0.25) is 6.08 Å². The molecule has 0 N–H and O–H groups in total. The Balaban J connectivity index is 2.61. The van der Waals surface area contributed by atoms with Gasteiger partial charge in [-0.15, -0.1) is 0 Å². The quantitative estimate of drug-likeness (QED) is 0.512. The zero-order valence-corrected chi connectivity index (χ0v) is 7.11.